The number of nitrogens with zero attached hydrogens (tertiary/aromatic N) is 3. The molecule has 0 radical (unpaired) electrons. The lowest BCUT2D eigenvalue weighted by molar-refractivity contribution is 0.0701. The zero-order chi connectivity index (χ0) is 27.4. The number of carbonyl (C=O) groups excluding carboxylic acids is 1. The number of hydrogen-bond donors (Lipinski definition) is 0. The molecule has 0 spiro atoms. The van der Waals surface area contributed by atoms with Gasteiger partial charge in [0.05, 0.1) is 55.2 Å². The minimum atomic E-state index is -4.08. The molecule has 39 heavy (non-hydrogen) atoms. The van der Waals surface area contributed by atoms with Gasteiger partial charge < -0.3 is 18.6 Å². The fraction of sp³-hybridized carbons (Fsp3) is 0.286. The molecule has 4 aromatic rings. The highest BCUT2D eigenvalue weighted by Gasteiger charge is 2.30. The molecular weight excluding hydrogens is 528 g/mol. The van der Waals surface area contributed by atoms with Crippen LogP contribution in [0.2, 0.25) is 0 Å². The van der Waals surface area contributed by atoms with Crippen LogP contribution in [0.15, 0.2) is 82.7 Å². The molecule has 0 bridgehead atoms. The second kappa shape index (κ2) is 11.5. The number of carbonyl (C=O) groups is 1. The van der Waals surface area contributed by atoms with Crippen LogP contribution in [0, 0.1) is 11.6 Å². The minimum absolute atomic E-state index is 0.0165. The van der Waals surface area contributed by atoms with E-state index in [0.29, 0.717) is 18.1 Å². The molecule has 1 aliphatic heterocycles. The molecule has 1 amide bonds. The van der Waals surface area contributed by atoms with Crippen molar-refractivity contribution in [1.29, 1.82) is 0 Å². The number of imidazole rings is 1. The Bertz CT molecular complexity index is 1550. The first-order valence-corrected chi connectivity index (χ1v) is 14.2. The van der Waals surface area contributed by atoms with E-state index in [2.05, 4.69) is 4.98 Å². The van der Waals surface area contributed by atoms with Crippen LogP contribution in [0.4, 0.5) is 8.78 Å². The number of hydrogen-bond acceptors (Lipinski definition) is 6. The quantitative estimate of drug-likeness (QED) is 0.280. The Morgan fingerprint density at radius 3 is 2.49 bits per heavy atom. The van der Waals surface area contributed by atoms with Crippen LogP contribution in [-0.2, 0) is 40.0 Å². The topological polar surface area (TPSA) is 94.6 Å². The Labute approximate surface area is 224 Å². The monoisotopic (exact) mass is 555 g/mol. The van der Waals surface area contributed by atoms with Gasteiger partial charge in [-0.2, -0.15) is 0 Å². The zero-order valence-corrected chi connectivity index (χ0v) is 21.8. The summed E-state index contributed by atoms with van der Waals surface area (Å²) in [4.78, 5) is 19.1. The first kappa shape index (κ1) is 26.8. The second-order valence-corrected chi connectivity index (χ2v) is 11.2. The van der Waals surface area contributed by atoms with E-state index >= 15 is 0 Å². The fourth-order valence-electron chi connectivity index (χ4n) is 4.63. The van der Waals surface area contributed by atoms with Crippen LogP contribution >= 0.6 is 0 Å². The standard InChI is InChI=1S/C28H27F2N3O5S/c29-25-11-3-1-7-20(25)19-39(35,36)28-31-15-21(33(28)18-23-9-6-14-38-23)16-32(17-22-8-5-13-37-22)27(34)24-10-2-4-12-26(24)30/h1-5,7-8,10-13,15,23H,6,9,14,16-19H2/t23-/m0/s1. The molecule has 1 aliphatic rings. The minimum Gasteiger partial charge on any atom is -0.467 e. The summed E-state index contributed by atoms with van der Waals surface area (Å²) in [5.41, 5.74) is 0.315. The Morgan fingerprint density at radius 1 is 1.03 bits per heavy atom. The van der Waals surface area contributed by atoms with Crippen molar-refractivity contribution >= 4 is 15.7 Å². The van der Waals surface area contributed by atoms with Gasteiger partial charge in [0, 0.05) is 12.2 Å². The van der Waals surface area contributed by atoms with Crippen LogP contribution in [-0.4, -0.2) is 41.5 Å². The van der Waals surface area contributed by atoms with Crippen molar-refractivity contribution < 1.29 is 31.1 Å². The van der Waals surface area contributed by atoms with Gasteiger partial charge in [-0.15, -0.1) is 0 Å². The van der Waals surface area contributed by atoms with Crippen molar-refractivity contribution in [3.63, 3.8) is 0 Å². The molecule has 11 heteroatoms. The summed E-state index contributed by atoms with van der Waals surface area (Å²) < 4.78 is 68.5. The molecule has 0 unspecified atom stereocenters. The number of furan rings is 1. The van der Waals surface area contributed by atoms with Gasteiger partial charge in [0.15, 0.2) is 0 Å². The average Bonchev–Trinajstić information content (AvgIpc) is 3.69. The van der Waals surface area contributed by atoms with Crippen LogP contribution in [0.25, 0.3) is 0 Å². The van der Waals surface area contributed by atoms with E-state index in [1.807, 2.05) is 0 Å². The Morgan fingerprint density at radius 2 is 1.79 bits per heavy atom. The van der Waals surface area contributed by atoms with Crippen LogP contribution in [0.1, 0.15) is 40.2 Å². The smallest absolute Gasteiger partial charge is 0.257 e. The van der Waals surface area contributed by atoms with Crippen LogP contribution in [0.3, 0.4) is 0 Å². The van der Waals surface area contributed by atoms with Crippen molar-refractivity contribution in [2.75, 3.05) is 6.61 Å². The Balaban J connectivity index is 1.51. The molecule has 0 N–H and O–H groups in total. The maximum Gasteiger partial charge on any atom is 0.257 e. The average molecular weight is 556 g/mol. The van der Waals surface area contributed by atoms with Crippen molar-refractivity contribution in [2.45, 2.75) is 49.5 Å². The summed E-state index contributed by atoms with van der Waals surface area (Å²) in [6.07, 6.45) is 4.17. The van der Waals surface area contributed by atoms with E-state index in [4.69, 9.17) is 9.15 Å². The molecule has 1 saturated heterocycles. The summed E-state index contributed by atoms with van der Waals surface area (Å²) in [7, 11) is -4.08. The van der Waals surface area contributed by atoms with Gasteiger partial charge in [0.1, 0.15) is 17.4 Å². The van der Waals surface area contributed by atoms with Gasteiger partial charge in [-0.05, 0) is 43.2 Å². The summed E-state index contributed by atoms with van der Waals surface area (Å²) >= 11 is 0. The lowest BCUT2D eigenvalue weighted by Gasteiger charge is -2.24. The lowest BCUT2D eigenvalue weighted by Crippen LogP contribution is -2.32. The molecule has 1 atom stereocenters. The molecule has 2 aromatic heterocycles. The van der Waals surface area contributed by atoms with Crippen molar-refractivity contribution in [1.82, 2.24) is 14.5 Å². The number of halogens is 2. The Hall–Kier alpha value is -3.83. The van der Waals surface area contributed by atoms with Gasteiger partial charge in [-0.1, -0.05) is 30.3 Å². The lowest BCUT2D eigenvalue weighted by atomic mass is 10.1. The molecule has 0 saturated carbocycles. The summed E-state index contributed by atoms with van der Waals surface area (Å²) in [6.45, 7) is 0.678. The molecule has 5 rings (SSSR count). The van der Waals surface area contributed by atoms with E-state index in [9.17, 15) is 22.0 Å². The third kappa shape index (κ3) is 6.10. The molecule has 2 aromatic carbocycles. The second-order valence-electron chi connectivity index (χ2n) is 9.35. The van der Waals surface area contributed by atoms with Crippen molar-refractivity contribution in [2.24, 2.45) is 0 Å². The van der Waals surface area contributed by atoms with E-state index in [-0.39, 0.29) is 42.0 Å². The third-order valence-corrected chi connectivity index (χ3v) is 8.14. The predicted octanol–water partition coefficient (Wildman–Crippen LogP) is 4.75. The fourth-order valence-corrected chi connectivity index (χ4v) is 6.14. The maximum absolute atomic E-state index is 14.6. The largest absolute Gasteiger partial charge is 0.467 e. The van der Waals surface area contributed by atoms with E-state index < -0.39 is 33.1 Å². The summed E-state index contributed by atoms with van der Waals surface area (Å²) in [5, 5.41) is -0.243. The number of benzene rings is 2. The van der Waals surface area contributed by atoms with Crippen LogP contribution < -0.4 is 0 Å². The molecule has 204 valence electrons. The highest BCUT2D eigenvalue weighted by atomic mass is 32.2. The molecule has 0 aliphatic carbocycles. The summed E-state index contributed by atoms with van der Waals surface area (Å²) in [5.74, 6) is -2.00. The first-order valence-electron chi connectivity index (χ1n) is 12.5. The highest BCUT2D eigenvalue weighted by molar-refractivity contribution is 7.90. The SMILES string of the molecule is O=C(c1ccccc1F)N(Cc1ccco1)Cc1cnc(S(=O)(=O)Cc2ccccc2F)n1C[C@@H]1CCCO1. The van der Waals surface area contributed by atoms with Gasteiger partial charge in [-0.25, -0.2) is 22.2 Å². The van der Waals surface area contributed by atoms with E-state index in [1.165, 1.54) is 58.3 Å². The zero-order valence-electron chi connectivity index (χ0n) is 21.0. The molecule has 8 nitrogen and oxygen atoms in total. The number of rotatable bonds is 10. The van der Waals surface area contributed by atoms with Crippen molar-refractivity contribution in [3.8, 4) is 0 Å². The number of ether oxygens (including phenoxy) is 1. The molecule has 3 heterocycles. The molecule has 1 fully saturated rings. The van der Waals surface area contributed by atoms with Gasteiger partial charge in [0.25, 0.3) is 5.91 Å². The summed E-state index contributed by atoms with van der Waals surface area (Å²) in [6, 6.07) is 14.7. The molecular formula is C28H27F2N3O5S. The maximum atomic E-state index is 14.6. The normalized spacial score (nSPS) is 15.5. The van der Waals surface area contributed by atoms with Gasteiger partial charge in [0.2, 0.25) is 15.0 Å². The predicted molar refractivity (Wildman–Crippen MR) is 137 cm³/mol. The highest BCUT2D eigenvalue weighted by Crippen LogP contribution is 2.24. The van der Waals surface area contributed by atoms with E-state index in [1.54, 1.807) is 24.3 Å². The Kier molecular flexibility index (Phi) is 7.89. The van der Waals surface area contributed by atoms with Crippen LogP contribution in [0.5, 0.6) is 0 Å². The number of sulfone groups is 1. The first-order chi connectivity index (χ1) is 18.8. The van der Waals surface area contributed by atoms with Gasteiger partial charge in [-0.3, -0.25) is 4.79 Å². The number of aromatic nitrogens is 2. The number of amides is 1. The van der Waals surface area contributed by atoms with Gasteiger partial charge >= 0.3 is 0 Å². The third-order valence-electron chi connectivity index (χ3n) is 6.56. The van der Waals surface area contributed by atoms with E-state index in [0.717, 1.165) is 12.8 Å². The van der Waals surface area contributed by atoms with Crippen molar-refractivity contribution in [3.05, 3.63) is 107 Å².